The molecule has 1 aromatic rings. The molecule has 1 aromatic heterocycles. The molecule has 2 N–H and O–H groups in total. The van der Waals surface area contributed by atoms with E-state index in [-0.39, 0.29) is 10.6 Å². The zero-order valence-electron chi connectivity index (χ0n) is 8.10. The summed E-state index contributed by atoms with van der Waals surface area (Å²) in [4.78, 5) is 11.4. The van der Waals surface area contributed by atoms with Crippen molar-refractivity contribution >= 4 is 33.2 Å². The summed E-state index contributed by atoms with van der Waals surface area (Å²) < 4.78 is 31.1. The van der Waals surface area contributed by atoms with E-state index in [1.54, 1.807) is 5.38 Å². The molecule has 0 aliphatic heterocycles. The second-order valence-corrected chi connectivity index (χ2v) is 5.00. The lowest BCUT2D eigenvalue weighted by atomic mass is 10.4. The van der Waals surface area contributed by atoms with Crippen molar-refractivity contribution < 1.29 is 17.9 Å². The molecule has 84 valence electrons. The molecule has 1 rings (SSSR count). The standard InChI is InChI=1S/C7H10N2O4S2/c1-8-15(11,12)9-5-3-4-14-6(5)7(10)13-2/h3-4,8-9H,1-2H3. The van der Waals surface area contributed by atoms with Crippen molar-refractivity contribution in [1.82, 2.24) is 4.72 Å². The maximum Gasteiger partial charge on any atom is 0.350 e. The quantitative estimate of drug-likeness (QED) is 0.758. The first-order valence-electron chi connectivity index (χ1n) is 3.87. The summed E-state index contributed by atoms with van der Waals surface area (Å²) in [5.74, 6) is -0.571. The predicted molar refractivity (Wildman–Crippen MR) is 57.3 cm³/mol. The van der Waals surface area contributed by atoms with Crippen molar-refractivity contribution in [2.75, 3.05) is 18.9 Å². The third-order valence-corrected chi connectivity index (χ3v) is 3.47. The zero-order valence-corrected chi connectivity index (χ0v) is 9.74. The minimum atomic E-state index is -3.61. The Hall–Kier alpha value is -1.12. The summed E-state index contributed by atoms with van der Waals surface area (Å²) in [6, 6.07) is 1.49. The Morgan fingerprint density at radius 1 is 1.53 bits per heavy atom. The van der Waals surface area contributed by atoms with Crippen LogP contribution < -0.4 is 9.44 Å². The van der Waals surface area contributed by atoms with E-state index in [4.69, 9.17) is 0 Å². The summed E-state index contributed by atoms with van der Waals surface area (Å²) in [7, 11) is -1.10. The van der Waals surface area contributed by atoms with Gasteiger partial charge in [0.2, 0.25) is 0 Å². The van der Waals surface area contributed by atoms with Crippen molar-refractivity contribution in [2.24, 2.45) is 0 Å². The van der Waals surface area contributed by atoms with Crippen LogP contribution in [0.15, 0.2) is 11.4 Å². The fraction of sp³-hybridized carbons (Fsp3) is 0.286. The van der Waals surface area contributed by atoms with E-state index in [1.807, 2.05) is 0 Å². The number of anilines is 1. The molecule has 0 aromatic carbocycles. The van der Waals surface area contributed by atoms with Crippen LogP contribution in [0.3, 0.4) is 0 Å². The lowest BCUT2D eigenvalue weighted by molar-refractivity contribution is 0.0607. The molecule has 0 radical (unpaired) electrons. The smallest absolute Gasteiger partial charge is 0.350 e. The molecule has 1 heterocycles. The molecule has 0 bridgehead atoms. The highest BCUT2D eigenvalue weighted by molar-refractivity contribution is 7.90. The first kappa shape index (κ1) is 12.0. The van der Waals surface area contributed by atoms with Gasteiger partial charge in [-0.15, -0.1) is 11.3 Å². The number of ether oxygens (including phenoxy) is 1. The third-order valence-electron chi connectivity index (χ3n) is 1.55. The van der Waals surface area contributed by atoms with Crippen LogP contribution in [-0.4, -0.2) is 28.5 Å². The lowest BCUT2D eigenvalue weighted by Gasteiger charge is -2.05. The van der Waals surface area contributed by atoms with E-state index in [9.17, 15) is 13.2 Å². The SMILES string of the molecule is CNS(=O)(=O)Nc1ccsc1C(=O)OC. The third kappa shape index (κ3) is 2.91. The summed E-state index contributed by atoms with van der Waals surface area (Å²) >= 11 is 1.10. The van der Waals surface area contributed by atoms with Gasteiger partial charge < -0.3 is 4.74 Å². The Morgan fingerprint density at radius 2 is 2.20 bits per heavy atom. The van der Waals surface area contributed by atoms with Crippen molar-refractivity contribution in [3.8, 4) is 0 Å². The molecule has 0 unspecified atom stereocenters. The fourth-order valence-electron chi connectivity index (χ4n) is 0.836. The van der Waals surface area contributed by atoms with Gasteiger partial charge in [-0.05, 0) is 11.4 Å². The minimum absolute atomic E-state index is 0.209. The highest BCUT2D eigenvalue weighted by Gasteiger charge is 2.17. The molecule has 0 spiro atoms. The van der Waals surface area contributed by atoms with Crippen molar-refractivity contribution in [2.45, 2.75) is 0 Å². The molecule has 0 saturated heterocycles. The zero-order chi connectivity index (χ0) is 11.5. The van der Waals surface area contributed by atoms with Gasteiger partial charge >= 0.3 is 5.97 Å². The van der Waals surface area contributed by atoms with Crippen LogP contribution >= 0.6 is 11.3 Å². The molecule has 0 aliphatic rings. The van der Waals surface area contributed by atoms with E-state index in [2.05, 4.69) is 14.2 Å². The fourth-order valence-corrected chi connectivity index (χ4v) is 2.23. The minimum Gasteiger partial charge on any atom is -0.465 e. The highest BCUT2D eigenvalue weighted by Crippen LogP contribution is 2.23. The largest absolute Gasteiger partial charge is 0.465 e. The van der Waals surface area contributed by atoms with Gasteiger partial charge in [0, 0.05) is 7.05 Å². The number of carbonyl (C=O) groups is 1. The number of hydrogen-bond acceptors (Lipinski definition) is 5. The topological polar surface area (TPSA) is 84.5 Å². The summed E-state index contributed by atoms with van der Waals surface area (Å²) in [6.07, 6.45) is 0. The Labute approximate surface area is 91.4 Å². The molecule has 0 atom stereocenters. The lowest BCUT2D eigenvalue weighted by Crippen LogP contribution is -2.26. The Balaban J connectivity index is 2.97. The Morgan fingerprint density at radius 3 is 2.73 bits per heavy atom. The molecular formula is C7H10N2O4S2. The van der Waals surface area contributed by atoms with Gasteiger partial charge in [0.05, 0.1) is 12.8 Å². The van der Waals surface area contributed by atoms with Crippen LogP contribution in [0.2, 0.25) is 0 Å². The average molecular weight is 250 g/mol. The van der Waals surface area contributed by atoms with Crippen LogP contribution in [0.1, 0.15) is 9.67 Å². The van der Waals surface area contributed by atoms with Crippen LogP contribution in [0.4, 0.5) is 5.69 Å². The molecule has 0 saturated carbocycles. The van der Waals surface area contributed by atoms with Gasteiger partial charge in [-0.25, -0.2) is 9.52 Å². The van der Waals surface area contributed by atoms with E-state index in [0.717, 1.165) is 11.3 Å². The molecule has 0 fully saturated rings. The van der Waals surface area contributed by atoms with Crippen molar-refractivity contribution in [3.63, 3.8) is 0 Å². The van der Waals surface area contributed by atoms with Crippen LogP contribution in [0.25, 0.3) is 0 Å². The molecule has 0 amide bonds. The maximum absolute atomic E-state index is 11.2. The van der Waals surface area contributed by atoms with Gasteiger partial charge in [0.15, 0.2) is 0 Å². The number of carbonyl (C=O) groups excluding carboxylic acids is 1. The van der Waals surface area contributed by atoms with Crippen LogP contribution in [-0.2, 0) is 14.9 Å². The van der Waals surface area contributed by atoms with E-state index >= 15 is 0 Å². The maximum atomic E-state index is 11.2. The van der Waals surface area contributed by atoms with Gasteiger partial charge in [0.1, 0.15) is 4.88 Å². The number of thiophene rings is 1. The van der Waals surface area contributed by atoms with Gasteiger partial charge in [0.25, 0.3) is 10.2 Å². The van der Waals surface area contributed by atoms with Crippen molar-refractivity contribution in [1.29, 1.82) is 0 Å². The molecule has 8 heteroatoms. The molecule has 15 heavy (non-hydrogen) atoms. The van der Waals surface area contributed by atoms with Gasteiger partial charge in [-0.2, -0.15) is 8.42 Å². The number of nitrogens with one attached hydrogen (secondary N) is 2. The molecular weight excluding hydrogens is 240 g/mol. The van der Waals surface area contributed by atoms with E-state index < -0.39 is 16.2 Å². The van der Waals surface area contributed by atoms with E-state index in [1.165, 1.54) is 20.2 Å². The Bertz CT molecular complexity index is 451. The highest BCUT2D eigenvalue weighted by atomic mass is 32.2. The predicted octanol–water partition coefficient (Wildman–Crippen LogP) is 0.411. The second kappa shape index (κ2) is 4.60. The second-order valence-electron chi connectivity index (χ2n) is 2.46. The number of esters is 1. The molecule has 0 aliphatic carbocycles. The van der Waals surface area contributed by atoms with Gasteiger partial charge in [-0.3, -0.25) is 4.72 Å². The van der Waals surface area contributed by atoms with Crippen LogP contribution in [0.5, 0.6) is 0 Å². The normalized spacial score (nSPS) is 11.1. The number of methoxy groups -OCH3 is 1. The summed E-state index contributed by atoms with van der Waals surface area (Å²) in [5, 5.41) is 1.60. The van der Waals surface area contributed by atoms with Crippen LogP contribution in [0, 0.1) is 0 Å². The monoisotopic (exact) mass is 250 g/mol. The average Bonchev–Trinajstić information content (AvgIpc) is 2.64. The summed E-state index contributed by atoms with van der Waals surface area (Å²) in [6.45, 7) is 0. The van der Waals surface area contributed by atoms with Crippen molar-refractivity contribution in [3.05, 3.63) is 16.3 Å². The number of hydrogen-bond donors (Lipinski definition) is 2. The summed E-state index contributed by atoms with van der Waals surface area (Å²) in [5.41, 5.74) is 0.209. The first-order valence-corrected chi connectivity index (χ1v) is 6.23. The number of rotatable bonds is 4. The molecule has 6 nitrogen and oxygen atoms in total. The first-order chi connectivity index (χ1) is 7.00. The van der Waals surface area contributed by atoms with E-state index in [0.29, 0.717) is 0 Å². The van der Waals surface area contributed by atoms with Gasteiger partial charge in [-0.1, -0.05) is 0 Å². The Kier molecular flexibility index (Phi) is 3.66.